The fraction of sp³-hybridized carbons (Fsp3) is 0.818. The van der Waals surface area contributed by atoms with Gasteiger partial charge in [-0.2, -0.15) is 5.26 Å². The summed E-state index contributed by atoms with van der Waals surface area (Å²) in [6.07, 6.45) is 2.54. The third-order valence-electron chi connectivity index (χ3n) is 2.77. The van der Waals surface area contributed by atoms with Gasteiger partial charge in [0, 0.05) is 19.1 Å². The Bertz CT molecular complexity index is 276. The van der Waals surface area contributed by atoms with Gasteiger partial charge in [0.2, 0.25) is 5.91 Å². The SMILES string of the molecule is CN(CCNC(=O)C(C)(C)C#N)C1CC1. The Morgan fingerprint density at radius 3 is 2.67 bits per heavy atom. The molecule has 0 heterocycles. The molecule has 0 aliphatic heterocycles. The molecule has 1 rings (SSSR count). The first-order valence-corrected chi connectivity index (χ1v) is 5.37. The topological polar surface area (TPSA) is 56.1 Å². The molecule has 1 amide bonds. The summed E-state index contributed by atoms with van der Waals surface area (Å²) in [6.45, 7) is 4.74. The summed E-state index contributed by atoms with van der Waals surface area (Å²) in [6, 6.07) is 2.70. The monoisotopic (exact) mass is 209 g/mol. The average molecular weight is 209 g/mol. The maximum atomic E-state index is 11.5. The Morgan fingerprint density at radius 1 is 1.60 bits per heavy atom. The zero-order chi connectivity index (χ0) is 11.5. The maximum Gasteiger partial charge on any atom is 0.239 e. The van der Waals surface area contributed by atoms with E-state index in [1.807, 2.05) is 6.07 Å². The highest BCUT2D eigenvalue weighted by molar-refractivity contribution is 5.84. The van der Waals surface area contributed by atoms with Crippen molar-refractivity contribution >= 4 is 5.91 Å². The molecule has 0 bridgehead atoms. The van der Waals surface area contributed by atoms with Crippen molar-refractivity contribution in [1.29, 1.82) is 5.26 Å². The molecular weight excluding hydrogens is 190 g/mol. The Hall–Kier alpha value is -1.08. The van der Waals surface area contributed by atoms with E-state index >= 15 is 0 Å². The molecule has 0 atom stereocenters. The van der Waals surface area contributed by atoms with Crippen molar-refractivity contribution in [3.8, 4) is 6.07 Å². The van der Waals surface area contributed by atoms with Crippen molar-refractivity contribution in [3.05, 3.63) is 0 Å². The summed E-state index contributed by atoms with van der Waals surface area (Å²) in [7, 11) is 2.07. The largest absolute Gasteiger partial charge is 0.353 e. The maximum absolute atomic E-state index is 11.5. The van der Waals surface area contributed by atoms with Gasteiger partial charge < -0.3 is 10.2 Å². The molecule has 0 aromatic rings. The van der Waals surface area contributed by atoms with Crippen molar-refractivity contribution < 1.29 is 4.79 Å². The van der Waals surface area contributed by atoms with Crippen LogP contribution >= 0.6 is 0 Å². The van der Waals surface area contributed by atoms with Crippen molar-refractivity contribution in [1.82, 2.24) is 10.2 Å². The predicted octanol–water partition coefficient (Wildman–Crippen LogP) is 0.747. The fourth-order valence-electron chi connectivity index (χ4n) is 1.32. The third-order valence-corrected chi connectivity index (χ3v) is 2.77. The molecule has 0 aromatic heterocycles. The van der Waals surface area contributed by atoms with E-state index in [2.05, 4.69) is 17.3 Å². The minimum atomic E-state index is -0.918. The lowest BCUT2D eigenvalue weighted by Crippen LogP contribution is -2.40. The lowest BCUT2D eigenvalue weighted by molar-refractivity contribution is -0.126. The van der Waals surface area contributed by atoms with Gasteiger partial charge in [-0.05, 0) is 33.7 Å². The highest BCUT2D eigenvalue weighted by atomic mass is 16.2. The van der Waals surface area contributed by atoms with Crippen LogP contribution in [0.5, 0.6) is 0 Å². The van der Waals surface area contributed by atoms with Crippen molar-refractivity contribution in [2.45, 2.75) is 32.7 Å². The van der Waals surface area contributed by atoms with E-state index in [0.29, 0.717) is 12.6 Å². The summed E-state index contributed by atoms with van der Waals surface area (Å²) in [4.78, 5) is 13.8. The normalized spacial score (nSPS) is 16.2. The van der Waals surface area contributed by atoms with Crippen LogP contribution in [0.15, 0.2) is 0 Å². The zero-order valence-corrected chi connectivity index (χ0v) is 9.71. The molecule has 1 aliphatic rings. The Balaban J connectivity index is 2.19. The first kappa shape index (κ1) is 12.0. The van der Waals surface area contributed by atoms with Crippen LogP contribution in [0.25, 0.3) is 0 Å². The molecule has 0 spiro atoms. The molecule has 4 nitrogen and oxygen atoms in total. The predicted molar refractivity (Wildman–Crippen MR) is 58.1 cm³/mol. The summed E-state index contributed by atoms with van der Waals surface area (Å²) in [5, 5.41) is 11.5. The number of nitrogens with one attached hydrogen (secondary N) is 1. The van der Waals surface area contributed by atoms with Crippen LogP contribution in [0.1, 0.15) is 26.7 Å². The van der Waals surface area contributed by atoms with Crippen LogP contribution in [0.2, 0.25) is 0 Å². The molecule has 1 saturated carbocycles. The summed E-state index contributed by atoms with van der Waals surface area (Å²) >= 11 is 0. The van der Waals surface area contributed by atoms with Crippen LogP contribution in [0.3, 0.4) is 0 Å². The van der Waals surface area contributed by atoms with Gasteiger partial charge in [0.15, 0.2) is 0 Å². The molecule has 1 aliphatic carbocycles. The molecule has 0 radical (unpaired) electrons. The number of rotatable bonds is 5. The second-order valence-electron chi connectivity index (χ2n) is 4.70. The number of nitrogens with zero attached hydrogens (tertiary/aromatic N) is 2. The highest BCUT2D eigenvalue weighted by Crippen LogP contribution is 2.24. The van der Waals surface area contributed by atoms with Gasteiger partial charge in [0.25, 0.3) is 0 Å². The van der Waals surface area contributed by atoms with Crippen LogP contribution in [0, 0.1) is 16.7 Å². The third kappa shape index (κ3) is 3.52. The molecule has 1 fully saturated rings. The molecule has 15 heavy (non-hydrogen) atoms. The molecule has 0 aromatic carbocycles. The minimum absolute atomic E-state index is 0.186. The van der Waals surface area contributed by atoms with Gasteiger partial charge in [-0.25, -0.2) is 0 Å². The van der Waals surface area contributed by atoms with Crippen LogP contribution in [-0.4, -0.2) is 37.0 Å². The van der Waals surface area contributed by atoms with Crippen molar-refractivity contribution in [2.75, 3.05) is 20.1 Å². The average Bonchev–Trinajstić information content (AvgIpc) is 3.00. The van der Waals surface area contributed by atoms with Gasteiger partial charge in [0.1, 0.15) is 5.41 Å². The van der Waals surface area contributed by atoms with E-state index in [0.717, 1.165) is 6.54 Å². The molecule has 1 N–H and O–H groups in total. The number of hydrogen-bond donors (Lipinski definition) is 1. The molecule has 4 heteroatoms. The number of amides is 1. The quantitative estimate of drug-likeness (QED) is 0.727. The van der Waals surface area contributed by atoms with Crippen LogP contribution in [-0.2, 0) is 4.79 Å². The first-order chi connectivity index (χ1) is 6.97. The number of nitriles is 1. The Morgan fingerprint density at radius 2 is 2.20 bits per heavy atom. The van der Waals surface area contributed by atoms with Gasteiger partial charge in [0.05, 0.1) is 6.07 Å². The molecular formula is C11H19N3O. The van der Waals surface area contributed by atoms with E-state index < -0.39 is 5.41 Å². The Kier molecular flexibility index (Phi) is 3.70. The zero-order valence-electron chi connectivity index (χ0n) is 9.71. The second kappa shape index (κ2) is 4.63. The number of carbonyl (C=O) groups excluding carboxylic acids is 1. The van der Waals surface area contributed by atoms with E-state index in [1.54, 1.807) is 13.8 Å². The fourth-order valence-corrected chi connectivity index (χ4v) is 1.32. The van der Waals surface area contributed by atoms with Crippen LogP contribution in [0.4, 0.5) is 0 Å². The number of hydrogen-bond acceptors (Lipinski definition) is 3. The number of likely N-dealkylation sites (N-methyl/N-ethyl adjacent to an activating group) is 1. The lowest BCUT2D eigenvalue weighted by atomic mass is 9.95. The lowest BCUT2D eigenvalue weighted by Gasteiger charge is -2.18. The summed E-state index contributed by atoms with van der Waals surface area (Å²) < 4.78 is 0. The molecule has 0 unspecified atom stereocenters. The summed E-state index contributed by atoms with van der Waals surface area (Å²) in [5.74, 6) is -0.186. The van der Waals surface area contributed by atoms with Crippen molar-refractivity contribution in [2.24, 2.45) is 5.41 Å². The second-order valence-corrected chi connectivity index (χ2v) is 4.70. The minimum Gasteiger partial charge on any atom is -0.353 e. The van der Waals surface area contributed by atoms with E-state index in [4.69, 9.17) is 5.26 Å². The summed E-state index contributed by atoms with van der Waals surface area (Å²) in [5.41, 5.74) is -0.918. The van der Waals surface area contributed by atoms with E-state index in [1.165, 1.54) is 12.8 Å². The van der Waals surface area contributed by atoms with Gasteiger partial charge >= 0.3 is 0 Å². The Labute approximate surface area is 91.2 Å². The van der Waals surface area contributed by atoms with E-state index in [9.17, 15) is 4.79 Å². The standard InChI is InChI=1S/C11H19N3O/c1-11(2,8-12)10(15)13-6-7-14(3)9-4-5-9/h9H,4-7H2,1-3H3,(H,13,15). The van der Waals surface area contributed by atoms with Gasteiger partial charge in [-0.1, -0.05) is 0 Å². The molecule has 84 valence electrons. The first-order valence-electron chi connectivity index (χ1n) is 5.37. The van der Waals surface area contributed by atoms with Gasteiger partial charge in [-0.3, -0.25) is 4.79 Å². The molecule has 0 saturated heterocycles. The highest BCUT2D eigenvalue weighted by Gasteiger charge is 2.28. The van der Waals surface area contributed by atoms with Gasteiger partial charge in [-0.15, -0.1) is 0 Å². The number of carbonyl (C=O) groups is 1. The van der Waals surface area contributed by atoms with Crippen molar-refractivity contribution in [3.63, 3.8) is 0 Å². The van der Waals surface area contributed by atoms with Crippen LogP contribution < -0.4 is 5.32 Å². The smallest absolute Gasteiger partial charge is 0.239 e. The van der Waals surface area contributed by atoms with E-state index in [-0.39, 0.29) is 5.91 Å².